The molecule has 4 N–H and O–H groups in total. The van der Waals surface area contributed by atoms with E-state index < -0.39 is 49.4 Å². The maximum Gasteiger partial charge on any atom is 0.306 e. The summed E-state index contributed by atoms with van der Waals surface area (Å²) >= 11 is 0. The highest BCUT2D eigenvalue weighted by Gasteiger charge is 2.44. The van der Waals surface area contributed by atoms with E-state index in [2.05, 4.69) is 13.8 Å². The Morgan fingerprint density at radius 1 is 0.659 bits per heavy atom. The van der Waals surface area contributed by atoms with Gasteiger partial charge in [-0.25, -0.2) is 0 Å². The van der Waals surface area contributed by atoms with Crippen LogP contribution in [0.5, 0.6) is 0 Å². The minimum atomic E-state index is -1.58. The van der Waals surface area contributed by atoms with Gasteiger partial charge in [0.25, 0.3) is 0 Å². The van der Waals surface area contributed by atoms with E-state index in [1.165, 1.54) is 51.4 Å². The lowest BCUT2D eigenvalue weighted by molar-refractivity contribution is -0.305. The van der Waals surface area contributed by atoms with Gasteiger partial charge in [-0.3, -0.25) is 9.59 Å². The molecule has 1 fully saturated rings. The summed E-state index contributed by atoms with van der Waals surface area (Å²) in [5.74, 6) is -0.817. The Balaban J connectivity index is 2.46. The van der Waals surface area contributed by atoms with Crippen LogP contribution < -0.4 is 0 Å². The third-order valence-electron chi connectivity index (χ3n) is 7.49. The van der Waals surface area contributed by atoms with Crippen molar-refractivity contribution in [2.24, 2.45) is 0 Å². The molecule has 1 rings (SSSR count). The van der Waals surface area contributed by atoms with Crippen molar-refractivity contribution in [3.63, 3.8) is 0 Å². The first-order valence-electron chi connectivity index (χ1n) is 16.1. The fourth-order valence-corrected chi connectivity index (χ4v) is 4.83. The Bertz CT molecular complexity index is 659. The van der Waals surface area contributed by atoms with Crippen LogP contribution >= 0.6 is 0 Å². The van der Waals surface area contributed by atoms with Crippen LogP contribution in [0.3, 0.4) is 0 Å². The molecule has 0 radical (unpaired) electrons. The Kier molecular flexibility index (Phi) is 22.2. The average molecular weight is 591 g/mol. The van der Waals surface area contributed by atoms with Crippen LogP contribution in [0.15, 0.2) is 0 Å². The van der Waals surface area contributed by atoms with Crippen molar-refractivity contribution < 1.29 is 49.0 Å². The summed E-state index contributed by atoms with van der Waals surface area (Å²) in [5.41, 5.74) is 0. The van der Waals surface area contributed by atoms with Gasteiger partial charge in [0.1, 0.15) is 31.0 Å². The fraction of sp³-hybridized carbons (Fsp3) is 0.935. The summed E-state index contributed by atoms with van der Waals surface area (Å²) in [6.45, 7) is 3.30. The first-order chi connectivity index (χ1) is 19.8. The van der Waals surface area contributed by atoms with E-state index >= 15 is 0 Å². The first-order valence-corrected chi connectivity index (χ1v) is 16.1. The number of ether oxygens (including phenoxy) is 4. The minimum Gasteiger partial charge on any atom is -0.462 e. The zero-order chi connectivity index (χ0) is 30.3. The summed E-state index contributed by atoms with van der Waals surface area (Å²) in [5, 5.41) is 39.6. The second-order valence-electron chi connectivity index (χ2n) is 11.3. The second kappa shape index (κ2) is 24.2. The van der Waals surface area contributed by atoms with E-state index in [4.69, 9.17) is 18.9 Å². The summed E-state index contributed by atoms with van der Waals surface area (Å²) in [4.78, 5) is 24.8. The molecule has 0 spiro atoms. The molecular formula is C31H58O10. The predicted molar refractivity (Wildman–Crippen MR) is 155 cm³/mol. The molecule has 1 heterocycles. The number of hydrogen-bond donors (Lipinski definition) is 4. The maximum atomic E-state index is 12.5. The van der Waals surface area contributed by atoms with Gasteiger partial charge in [0.05, 0.1) is 13.2 Å². The number of rotatable bonds is 25. The standard InChI is InChI=1S/C31H58O10/c1-3-5-7-9-11-12-13-14-16-17-19-26(33)38-22-24(40-27(34)20-18-15-10-8-6-4-2)23-39-31-30(37)29(36)28(35)25(21-32)41-31/h24-25,28-32,35-37H,3-23H2,1-2H3/t24-,25-,28+,29+,30-,31-/m1/s1. The SMILES string of the molecule is CCCCCCCCCCCCC(=O)OC[C@H](CO[C@@H]1O[C@H](CO)[C@H](O)[C@H](O)[C@H]1O)OC(=O)CCCCCCCC. The van der Waals surface area contributed by atoms with Gasteiger partial charge in [0, 0.05) is 12.8 Å². The van der Waals surface area contributed by atoms with E-state index in [1.54, 1.807) is 0 Å². The fourth-order valence-electron chi connectivity index (χ4n) is 4.83. The van der Waals surface area contributed by atoms with Gasteiger partial charge in [0.15, 0.2) is 12.4 Å². The number of aliphatic hydroxyl groups is 4. The van der Waals surface area contributed by atoms with Gasteiger partial charge < -0.3 is 39.4 Å². The summed E-state index contributed by atoms with van der Waals surface area (Å²) < 4.78 is 21.8. The normalized spacial score (nSPS) is 23.3. The Morgan fingerprint density at radius 3 is 1.66 bits per heavy atom. The molecule has 1 aliphatic heterocycles. The summed E-state index contributed by atoms with van der Waals surface area (Å²) in [6.07, 6.45) is 10.2. The van der Waals surface area contributed by atoms with E-state index in [-0.39, 0.29) is 32.0 Å². The highest BCUT2D eigenvalue weighted by Crippen LogP contribution is 2.22. The molecule has 0 amide bonds. The molecule has 242 valence electrons. The predicted octanol–water partition coefficient (Wildman–Crippen LogP) is 4.32. The molecule has 0 unspecified atom stereocenters. The van der Waals surface area contributed by atoms with Crippen LogP contribution in [-0.4, -0.2) is 89.0 Å². The van der Waals surface area contributed by atoms with Crippen molar-refractivity contribution in [1.29, 1.82) is 0 Å². The van der Waals surface area contributed by atoms with E-state index in [0.717, 1.165) is 44.9 Å². The topological polar surface area (TPSA) is 152 Å². The minimum absolute atomic E-state index is 0.212. The Hall–Kier alpha value is -1.30. The molecule has 1 aliphatic rings. The second-order valence-corrected chi connectivity index (χ2v) is 11.3. The number of esters is 2. The van der Waals surface area contributed by atoms with Crippen LogP contribution in [0.2, 0.25) is 0 Å². The number of aliphatic hydroxyl groups excluding tert-OH is 4. The van der Waals surface area contributed by atoms with Crippen LogP contribution in [0.4, 0.5) is 0 Å². The quantitative estimate of drug-likeness (QED) is 0.0893. The smallest absolute Gasteiger partial charge is 0.306 e. The summed E-state index contributed by atoms with van der Waals surface area (Å²) in [6, 6.07) is 0. The van der Waals surface area contributed by atoms with Crippen molar-refractivity contribution in [2.75, 3.05) is 19.8 Å². The lowest BCUT2D eigenvalue weighted by Gasteiger charge is -2.39. The van der Waals surface area contributed by atoms with E-state index in [0.29, 0.717) is 6.42 Å². The molecule has 10 nitrogen and oxygen atoms in total. The van der Waals surface area contributed by atoms with Crippen LogP contribution in [-0.2, 0) is 28.5 Å². The van der Waals surface area contributed by atoms with E-state index in [1.807, 2.05) is 0 Å². The molecule has 10 heteroatoms. The van der Waals surface area contributed by atoms with Crippen molar-refractivity contribution in [2.45, 2.75) is 166 Å². The average Bonchev–Trinajstić information content (AvgIpc) is 2.96. The molecular weight excluding hydrogens is 532 g/mol. The highest BCUT2D eigenvalue weighted by molar-refractivity contribution is 5.70. The van der Waals surface area contributed by atoms with Crippen molar-refractivity contribution >= 4 is 11.9 Å². The maximum absolute atomic E-state index is 12.5. The summed E-state index contributed by atoms with van der Waals surface area (Å²) in [7, 11) is 0. The first kappa shape index (κ1) is 37.7. The number of carbonyl (C=O) groups excluding carboxylic acids is 2. The van der Waals surface area contributed by atoms with Crippen molar-refractivity contribution in [3.8, 4) is 0 Å². The number of carbonyl (C=O) groups is 2. The Morgan fingerprint density at radius 2 is 1.15 bits per heavy atom. The molecule has 0 aromatic rings. The number of unbranched alkanes of at least 4 members (excludes halogenated alkanes) is 14. The van der Waals surface area contributed by atoms with Gasteiger partial charge >= 0.3 is 11.9 Å². The van der Waals surface area contributed by atoms with Gasteiger partial charge in [-0.15, -0.1) is 0 Å². The molecule has 0 aromatic heterocycles. The highest BCUT2D eigenvalue weighted by atomic mass is 16.7. The molecule has 0 saturated carbocycles. The van der Waals surface area contributed by atoms with Gasteiger partial charge in [-0.2, -0.15) is 0 Å². The lowest BCUT2D eigenvalue weighted by atomic mass is 9.99. The van der Waals surface area contributed by atoms with Crippen LogP contribution in [0.1, 0.15) is 129 Å². The molecule has 0 bridgehead atoms. The van der Waals surface area contributed by atoms with Crippen molar-refractivity contribution in [1.82, 2.24) is 0 Å². The van der Waals surface area contributed by atoms with Crippen LogP contribution in [0, 0.1) is 0 Å². The number of hydrogen-bond acceptors (Lipinski definition) is 10. The third-order valence-corrected chi connectivity index (χ3v) is 7.49. The molecule has 6 atom stereocenters. The third kappa shape index (κ3) is 17.4. The van der Waals surface area contributed by atoms with Gasteiger partial charge in [0.2, 0.25) is 0 Å². The zero-order valence-electron chi connectivity index (χ0n) is 25.6. The van der Waals surface area contributed by atoms with Gasteiger partial charge in [-0.1, -0.05) is 104 Å². The molecule has 1 saturated heterocycles. The molecule has 41 heavy (non-hydrogen) atoms. The molecule has 0 aliphatic carbocycles. The largest absolute Gasteiger partial charge is 0.462 e. The lowest BCUT2D eigenvalue weighted by Crippen LogP contribution is -2.59. The van der Waals surface area contributed by atoms with E-state index in [9.17, 15) is 30.0 Å². The molecule has 0 aromatic carbocycles. The monoisotopic (exact) mass is 590 g/mol. The van der Waals surface area contributed by atoms with Crippen LogP contribution in [0.25, 0.3) is 0 Å². The van der Waals surface area contributed by atoms with Gasteiger partial charge in [-0.05, 0) is 12.8 Å². The zero-order valence-corrected chi connectivity index (χ0v) is 25.6. The Labute approximate surface area is 247 Å². The van der Waals surface area contributed by atoms with Crippen molar-refractivity contribution in [3.05, 3.63) is 0 Å².